The van der Waals surface area contributed by atoms with Gasteiger partial charge in [0.2, 0.25) is 0 Å². The highest BCUT2D eigenvalue weighted by atomic mass is 35.5. The number of H-pyrrole nitrogens is 1. The first-order valence-corrected chi connectivity index (χ1v) is 3.49. The van der Waals surface area contributed by atoms with Crippen LogP contribution < -0.4 is 0 Å². The fraction of sp³-hybridized carbons (Fsp3) is 0. The van der Waals surface area contributed by atoms with Crippen LogP contribution >= 0.6 is 23.4 Å². The Bertz CT molecular complexity index is 197. The van der Waals surface area contributed by atoms with Crippen LogP contribution in [0.3, 0.4) is 0 Å². The van der Waals surface area contributed by atoms with Gasteiger partial charge in [-0.2, -0.15) is 0 Å². The number of aromatic amines is 1. The molecule has 0 saturated carbocycles. The van der Waals surface area contributed by atoms with Crippen LogP contribution in [0.1, 0.15) is 0 Å². The van der Waals surface area contributed by atoms with E-state index >= 15 is 0 Å². The molecule has 1 aromatic rings. The monoisotopic (exact) mass is 161 g/mol. The summed E-state index contributed by atoms with van der Waals surface area (Å²) in [5.74, 6) is 0. The molecule has 0 radical (unpaired) electrons. The lowest BCUT2D eigenvalue weighted by Crippen LogP contribution is -1.72. The lowest BCUT2D eigenvalue weighted by molar-refractivity contribution is 0.276. The Morgan fingerprint density at radius 1 is 1.78 bits per heavy atom. The van der Waals surface area contributed by atoms with Crippen molar-refractivity contribution in [3.8, 4) is 0 Å². The van der Waals surface area contributed by atoms with Crippen LogP contribution in [-0.4, -0.2) is 9.56 Å². The highest BCUT2D eigenvalue weighted by Gasteiger charge is 1.98. The molecule has 48 valence electrons. The molecule has 2 nitrogen and oxygen atoms in total. The van der Waals surface area contributed by atoms with Crippen LogP contribution in [0.5, 0.6) is 0 Å². The summed E-state index contributed by atoms with van der Waals surface area (Å²) in [6.45, 7) is 0. The molecule has 0 amide bonds. The molecule has 0 aliphatic heterocycles. The smallest absolute Gasteiger partial charge is 0.285 e. The molecule has 0 unspecified atom stereocenters. The van der Waals surface area contributed by atoms with Gasteiger partial charge in [0.05, 0.1) is 5.03 Å². The third-order valence-corrected chi connectivity index (χ3v) is 1.63. The molecular formula is C5H4ClNOS. The number of hydrogen-bond acceptors (Lipinski definition) is 2. The summed E-state index contributed by atoms with van der Waals surface area (Å²) >= 11 is 6.05. The highest BCUT2D eigenvalue weighted by Crippen LogP contribution is 2.18. The van der Waals surface area contributed by atoms with E-state index in [0.29, 0.717) is 0 Å². The molecule has 9 heavy (non-hydrogen) atoms. The van der Waals surface area contributed by atoms with E-state index in [1.165, 1.54) is 0 Å². The molecule has 0 atom stereocenters. The molecule has 0 fully saturated rings. The van der Waals surface area contributed by atoms with E-state index in [0.717, 1.165) is 16.8 Å². The molecule has 0 aliphatic carbocycles. The van der Waals surface area contributed by atoms with Crippen LogP contribution in [-0.2, 0) is 0 Å². The minimum atomic E-state index is -0.419. The van der Waals surface area contributed by atoms with Crippen molar-refractivity contribution in [2.45, 2.75) is 5.03 Å². The van der Waals surface area contributed by atoms with E-state index in [4.69, 9.17) is 11.6 Å². The Hall–Kier alpha value is -0.410. The van der Waals surface area contributed by atoms with Gasteiger partial charge in [0.1, 0.15) is 0 Å². The molecule has 1 rings (SSSR count). The number of carbonyl (C=O) groups is 1. The zero-order valence-corrected chi connectivity index (χ0v) is 6.00. The lowest BCUT2D eigenvalue weighted by Gasteiger charge is -1.85. The second-order valence-electron chi connectivity index (χ2n) is 1.37. The molecular weight excluding hydrogens is 158 g/mol. The van der Waals surface area contributed by atoms with Crippen molar-refractivity contribution in [3.05, 3.63) is 18.3 Å². The number of aromatic nitrogens is 1. The normalized spacial score (nSPS) is 9.44. The maximum absolute atomic E-state index is 10.2. The SMILES string of the molecule is O=C(Cl)Sc1ccc[nH]1. The topological polar surface area (TPSA) is 32.9 Å². The van der Waals surface area contributed by atoms with Crippen LogP contribution in [0.15, 0.2) is 23.4 Å². The summed E-state index contributed by atoms with van der Waals surface area (Å²) < 4.78 is -0.419. The molecule has 1 aromatic heterocycles. The average Bonchev–Trinajstić information content (AvgIpc) is 2.15. The van der Waals surface area contributed by atoms with E-state index in [2.05, 4.69) is 4.98 Å². The first kappa shape index (κ1) is 6.71. The molecule has 1 N–H and O–H groups in total. The van der Waals surface area contributed by atoms with Crippen molar-refractivity contribution in [2.75, 3.05) is 0 Å². The summed E-state index contributed by atoms with van der Waals surface area (Å²) in [6, 6.07) is 3.59. The van der Waals surface area contributed by atoms with Crippen molar-refractivity contribution in [2.24, 2.45) is 0 Å². The van der Waals surface area contributed by atoms with Gasteiger partial charge < -0.3 is 4.98 Å². The number of hydrogen-bond donors (Lipinski definition) is 1. The standard InChI is InChI=1S/C5H4ClNOS/c6-5(8)9-4-2-1-3-7-4/h1-3,7H. The van der Waals surface area contributed by atoms with E-state index < -0.39 is 4.57 Å². The summed E-state index contributed by atoms with van der Waals surface area (Å²) in [4.78, 5) is 13.0. The number of carbonyl (C=O) groups excluding carboxylic acids is 1. The lowest BCUT2D eigenvalue weighted by atomic mass is 10.7. The van der Waals surface area contributed by atoms with Gasteiger partial charge in [-0.05, 0) is 35.5 Å². The Labute approximate surface area is 61.6 Å². The van der Waals surface area contributed by atoms with Gasteiger partial charge in [-0.1, -0.05) is 0 Å². The predicted octanol–water partition coefficient (Wildman–Crippen LogP) is 2.47. The first-order chi connectivity index (χ1) is 4.29. The van der Waals surface area contributed by atoms with Crippen molar-refractivity contribution < 1.29 is 4.79 Å². The van der Waals surface area contributed by atoms with Gasteiger partial charge in [-0.15, -0.1) is 0 Å². The zero-order chi connectivity index (χ0) is 6.69. The molecule has 0 saturated heterocycles. The molecule has 0 bridgehead atoms. The van der Waals surface area contributed by atoms with E-state index in [1.807, 2.05) is 6.07 Å². The third-order valence-electron chi connectivity index (χ3n) is 0.760. The van der Waals surface area contributed by atoms with Crippen molar-refractivity contribution in [3.63, 3.8) is 0 Å². The van der Waals surface area contributed by atoms with E-state index in [-0.39, 0.29) is 0 Å². The molecule has 1 heterocycles. The van der Waals surface area contributed by atoms with Crippen molar-refractivity contribution in [1.29, 1.82) is 0 Å². The van der Waals surface area contributed by atoms with Gasteiger partial charge in [0.25, 0.3) is 4.57 Å². The number of thioether (sulfide) groups is 1. The molecule has 0 aromatic carbocycles. The van der Waals surface area contributed by atoms with Gasteiger partial charge in [-0.3, -0.25) is 4.79 Å². The van der Waals surface area contributed by atoms with Crippen LogP contribution in [0.25, 0.3) is 0 Å². The minimum absolute atomic E-state index is 0.419. The van der Waals surface area contributed by atoms with Gasteiger partial charge in [0, 0.05) is 6.20 Å². The fourth-order valence-electron chi connectivity index (χ4n) is 0.464. The fourth-order valence-corrected chi connectivity index (χ4v) is 1.16. The zero-order valence-electron chi connectivity index (χ0n) is 4.43. The quantitative estimate of drug-likeness (QED) is 0.507. The molecule has 4 heteroatoms. The van der Waals surface area contributed by atoms with Crippen LogP contribution in [0, 0.1) is 0 Å². The number of rotatable bonds is 1. The van der Waals surface area contributed by atoms with E-state index in [1.54, 1.807) is 12.3 Å². The third kappa shape index (κ3) is 2.11. The van der Waals surface area contributed by atoms with Gasteiger partial charge >= 0.3 is 0 Å². The Kier molecular flexibility index (Phi) is 2.19. The molecule has 0 spiro atoms. The Balaban J connectivity index is 2.58. The van der Waals surface area contributed by atoms with E-state index in [9.17, 15) is 4.79 Å². The number of halogens is 1. The summed E-state index contributed by atoms with van der Waals surface area (Å²) in [7, 11) is 0. The Morgan fingerprint density at radius 3 is 3.00 bits per heavy atom. The maximum Gasteiger partial charge on any atom is 0.285 e. The molecule has 0 aliphatic rings. The number of nitrogens with one attached hydrogen (secondary N) is 1. The Morgan fingerprint density at radius 2 is 2.56 bits per heavy atom. The average molecular weight is 162 g/mol. The summed E-state index contributed by atoms with van der Waals surface area (Å²) in [5, 5.41) is 0.773. The first-order valence-electron chi connectivity index (χ1n) is 2.30. The van der Waals surface area contributed by atoms with Gasteiger partial charge in [0.15, 0.2) is 0 Å². The van der Waals surface area contributed by atoms with Crippen molar-refractivity contribution >= 4 is 27.9 Å². The largest absolute Gasteiger partial charge is 0.356 e. The minimum Gasteiger partial charge on any atom is -0.356 e. The second-order valence-corrected chi connectivity index (χ2v) is 2.96. The van der Waals surface area contributed by atoms with Gasteiger partial charge in [-0.25, -0.2) is 0 Å². The predicted molar refractivity (Wildman–Crippen MR) is 37.9 cm³/mol. The van der Waals surface area contributed by atoms with Crippen LogP contribution in [0.4, 0.5) is 4.79 Å². The van der Waals surface area contributed by atoms with Crippen molar-refractivity contribution in [1.82, 2.24) is 4.98 Å². The highest BCUT2D eigenvalue weighted by molar-refractivity contribution is 8.16. The summed E-state index contributed by atoms with van der Waals surface area (Å²) in [5.41, 5.74) is 0. The summed E-state index contributed by atoms with van der Waals surface area (Å²) in [6.07, 6.45) is 1.74. The maximum atomic E-state index is 10.2. The van der Waals surface area contributed by atoms with Crippen LogP contribution in [0.2, 0.25) is 0 Å². The second kappa shape index (κ2) is 2.94.